The minimum absolute atomic E-state index is 0.0716. The van der Waals surface area contributed by atoms with E-state index in [2.05, 4.69) is 41.7 Å². The van der Waals surface area contributed by atoms with Crippen molar-refractivity contribution in [3.63, 3.8) is 0 Å². The largest absolute Gasteiger partial charge is 0.396 e. The molecule has 0 saturated carbocycles. The van der Waals surface area contributed by atoms with Crippen LogP contribution in [0, 0.1) is 5.92 Å². The maximum absolute atomic E-state index is 9.45. The molecular weight excluding hydrogens is 274 g/mol. The van der Waals surface area contributed by atoms with Gasteiger partial charge in [-0.2, -0.15) is 0 Å². The molecule has 1 aliphatic rings. The van der Waals surface area contributed by atoms with Crippen LogP contribution < -0.4 is 0 Å². The first-order valence-electron chi connectivity index (χ1n) is 8.28. The second kappa shape index (κ2) is 6.01. The van der Waals surface area contributed by atoms with Gasteiger partial charge in [0, 0.05) is 42.4 Å². The number of hydrogen-bond donors (Lipinski definition) is 2. The number of piperidine rings is 1. The van der Waals surface area contributed by atoms with Gasteiger partial charge in [0.1, 0.15) is 5.65 Å². The highest BCUT2D eigenvalue weighted by atomic mass is 16.3. The molecule has 0 spiro atoms. The highest BCUT2D eigenvalue weighted by Crippen LogP contribution is 2.32. The number of aliphatic hydroxyl groups is 1. The van der Waals surface area contributed by atoms with E-state index in [1.54, 1.807) is 0 Å². The second-order valence-corrected chi connectivity index (χ2v) is 7.55. The molecule has 1 atom stereocenters. The highest BCUT2D eigenvalue weighted by molar-refractivity contribution is 5.81. The van der Waals surface area contributed by atoms with E-state index in [1.165, 1.54) is 23.1 Å². The van der Waals surface area contributed by atoms with E-state index in [0.717, 1.165) is 31.7 Å². The Morgan fingerprint density at radius 1 is 1.41 bits per heavy atom. The number of aliphatic hydroxyl groups excluding tert-OH is 1. The van der Waals surface area contributed by atoms with Crippen LogP contribution in [-0.4, -0.2) is 39.7 Å². The van der Waals surface area contributed by atoms with E-state index in [0.29, 0.717) is 12.5 Å². The van der Waals surface area contributed by atoms with Crippen molar-refractivity contribution in [1.82, 2.24) is 14.9 Å². The van der Waals surface area contributed by atoms with Gasteiger partial charge >= 0.3 is 0 Å². The summed E-state index contributed by atoms with van der Waals surface area (Å²) in [7, 11) is 0. The first-order valence-corrected chi connectivity index (χ1v) is 8.28. The Bertz CT molecular complexity index is 641. The molecule has 2 N–H and O–H groups in total. The lowest BCUT2D eigenvalue weighted by molar-refractivity contribution is 0.116. The average Bonchev–Trinajstić information content (AvgIpc) is 2.87. The Morgan fingerprint density at radius 2 is 2.23 bits per heavy atom. The van der Waals surface area contributed by atoms with Crippen molar-refractivity contribution in [2.45, 2.75) is 45.6 Å². The molecule has 0 bridgehead atoms. The summed E-state index contributed by atoms with van der Waals surface area (Å²) in [5.74, 6) is 0.426. The summed E-state index contributed by atoms with van der Waals surface area (Å²) in [6.45, 7) is 10.1. The molecule has 1 fully saturated rings. The molecule has 2 aromatic rings. The van der Waals surface area contributed by atoms with Crippen molar-refractivity contribution in [3.8, 4) is 0 Å². The molecule has 0 amide bonds. The maximum atomic E-state index is 9.45. The topological polar surface area (TPSA) is 52.2 Å². The Labute approximate surface area is 132 Å². The van der Waals surface area contributed by atoms with Crippen LogP contribution in [0.4, 0.5) is 0 Å². The molecule has 2 aromatic heterocycles. The fourth-order valence-corrected chi connectivity index (χ4v) is 3.55. The Hall–Kier alpha value is -1.39. The summed E-state index contributed by atoms with van der Waals surface area (Å²) < 4.78 is 0. The van der Waals surface area contributed by atoms with E-state index in [1.807, 2.05) is 12.3 Å². The minimum Gasteiger partial charge on any atom is -0.396 e. The highest BCUT2D eigenvalue weighted by Gasteiger charge is 2.26. The zero-order valence-corrected chi connectivity index (χ0v) is 13.9. The summed E-state index contributed by atoms with van der Waals surface area (Å²) in [5, 5.41) is 10.7. The standard InChI is InChI=1S/C18H27N3O/c1-18(2,3)16-15(14-7-4-8-19-17(14)20-16)11-21-9-5-6-13(10-21)12-22/h4,7-8,13,22H,5-6,9-12H2,1-3H3,(H,19,20)/t13-/m0/s1. The molecule has 4 nitrogen and oxygen atoms in total. The average molecular weight is 301 g/mol. The molecule has 0 aliphatic carbocycles. The van der Waals surface area contributed by atoms with Gasteiger partial charge in [0.2, 0.25) is 0 Å². The quantitative estimate of drug-likeness (QED) is 0.916. The summed E-state index contributed by atoms with van der Waals surface area (Å²) in [4.78, 5) is 10.5. The predicted molar refractivity (Wildman–Crippen MR) is 89.9 cm³/mol. The Morgan fingerprint density at radius 3 is 2.95 bits per heavy atom. The first-order chi connectivity index (χ1) is 10.5. The molecule has 120 valence electrons. The van der Waals surface area contributed by atoms with Gasteiger partial charge in [0.25, 0.3) is 0 Å². The number of aromatic nitrogens is 2. The molecule has 1 saturated heterocycles. The monoisotopic (exact) mass is 301 g/mol. The van der Waals surface area contributed by atoms with Gasteiger partial charge in [0.05, 0.1) is 0 Å². The number of H-pyrrole nitrogens is 1. The Kier molecular flexibility index (Phi) is 4.24. The number of hydrogen-bond acceptors (Lipinski definition) is 3. The predicted octanol–water partition coefficient (Wildman–Crippen LogP) is 3.06. The molecule has 0 aromatic carbocycles. The molecule has 3 rings (SSSR count). The third kappa shape index (κ3) is 3.03. The lowest BCUT2D eigenvalue weighted by Crippen LogP contribution is -2.36. The van der Waals surface area contributed by atoms with Crippen molar-refractivity contribution in [3.05, 3.63) is 29.6 Å². The number of nitrogens with zero attached hydrogens (tertiary/aromatic N) is 2. The van der Waals surface area contributed by atoms with Gasteiger partial charge in [-0.25, -0.2) is 4.98 Å². The summed E-state index contributed by atoms with van der Waals surface area (Å²) in [6.07, 6.45) is 4.17. The number of pyridine rings is 1. The van der Waals surface area contributed by atoms with E-state index in [9.17, 15) is 5.11 Å². The van der Waals surface area contributed by atoms with Crippen LogP contribution in [0.5, 0.6) is 0 Å². The number of fused-ring (bicyclic) bond motifs is 1. The van der Waals surface area contributed by atoms with Gasteiger partial charge in [-0.15, -0.1) is 0 Å². The number of aromatic amines is 1. The van der Waals surface area contributed by atoms with E-state index < -0.39 is 0 Å². The van der Waals surface area contributed by atoms with Gasteiger partial charge in [-0.3, -0.25) is 4.90 Å². The molecule has 1 aliphatic heterocycles. The first kappa shape index (κ1) is 15.5. The fraction of sp³-hybridized carbons (Fsp3) is 0.611. The van der Waals surface area contributed by atoms with E-state index in [4.69, 9.17) is 0 Å². The maximum Gasteiger partial charge on any atom is 0.137 e. The van der Waals surface area contributed by atoms with Crippen LogP contribution >= 0.6 is 0 Å². The molecule has 0 unspecified atom stereocenters. The van der Waals surface area contributed by atoms with Crippen LogP contribution in [0.2, 0.25) is 0 Å². The van der Waals surface area contributed by atoms with Crippen molar-refractivity contribution in [2.75, 3.05) is 19.7 Å². The van der Waals surface area contributed by atoms with Crippen molar-refractivity contribution < 1.29 is 5.11 Å². The van der Waals surface area contributed by atoms with Crippen LogP contribution in [0.25, 0.3) is 11.0 Å². The summed E-state index contributed by atoms with van der Waals surface area (Å²) in [5.41, 5.74) is 3.71. The lowest BCUT2D eigenvalue weighted by Gasteiger charge is -2.32. The summed E-state index contributed by atoms with van der Waals surface area (Å²) >= 11 is 0. The van der Waals surface area contributed by atoms with Gasteiger partial charge in [-0.05, 0) is 43.0 Å². The smallest absolute Gasteiger partial charge is 0.137 e. The van der Waals surface area contributed by atoms with Crippen LogP contribution in [0.1, 0.15) is 44.9 Å². The fourth-order valence-electron chi connectivity index (χ4n) is 3.55. The van der Waals surface area contributed by atoms with Gasteiger partial charge in [-0.1, -0.05) is 20.8 Å². The zero-order valence-electron chi connectivity index (χ0n) is 13.9. The zero-order chi connectivity index (χ0) is 15.7. The van der Waals surface area contributed by atoms with Crippen LogP contribution in [0.3, 0.4) is 0 Å². The van der Waals surface area contributed by atoms with Crippen molar-refractivity contribution in [1.29, 1.82) is 0 Å². The lowest BCUT2D eigenvalue weighted by atomic mass is 9.88. The van der Waals surface area contributed by atoms with Crippen LogP contribution in [-0.2, 0) is 12.0 Å². The molecule has 3 heterocycles. The molecule has 22 heavy (non-hydrogen) atoms. The van der Waals surface area contributed by atoms with Crippen molar-refractivity contribution in [2.24, 2.45) is 5.92 Å². The number of likely N-dealkylation sites (tertiary alicyclic amines) is 1. The number of nitrogens with one attached hydrogen (secondary N) is 1. The van der Waals surface area contributed by atoms with Gasteiger partial charge in [0.15, 0.2) is 0 Å². The number of rotatable bonds is 3. The SMILES string of the molecule is CC(C)(C)c1[nH]c2ncccc2c1CN1CCC[C@H](CO)C1. The summed E-state index contributed by atoms with van der Waals surface area (Å²) in [6, 6.07) is 4.18. The third-order valence-electron chi connectivity index (χ3n) is 4.67. The van der Waals surface area contributed by atoms with E-state index in [-0.39, 0.29) is 5.41 Å². The van der Waals surface area contributed by atoms with Crippen LogP contribution in [0.15, 0.2) is 18.3 Å². The molecule has 4 heteroatoms. The molecule has 0 radical (unpaired) electrons. The van der Waals surface area contributed by atoms with Gasteiger partial charge < -0.3 is 10.1 Å². The third-order valence-corrected chi connectivity index (χ3v) is 4.67. The van der Waals surface area contributed by atoms with E-state index >= 15 is 0 Å². The molecular formula is C18H27N3O. The normalized spacial score (nSPS) is 20.6. The Balaban J connectivity index is 1.94. The minimum atomic E-state index is 0.0716. The van der Waals surface area contributed by atoms with Crippen molar-refractivity contribution >= 4 is 11.0 Å². The second-order valence-electron chi connectivity index (χ2n) is 7.55.